The van der Waals surface area contributed by atoms with Gasteiger partial charge in [0.15, 0.2) is 6.61 Å². The van der Waals surface area contributed by atoms with Crippen LogP contribution in [0.5, 0.6) is 5.75 Å². The lowest BCUT2D eigenvalue weighted by atomic mass is 10.3. The second kappa shape index (κ2) is 7.69. The van der Waals surface area contributed by atoms with Crippen molar-refractivity contribution in [1.82, 2.24) is 10.6 Å². The number of amides is 3. The first-order valence-electron chi connectivity index (χ1n) is 6.10. The molecule has 0 saturated heterocycles. The molecule has 0 bridgehead atoms. The Morgan fingerprint density at radius 1 is 1.45 bits per heavy atom. The number of ether oxygens (including phenoxy) is 1. The van der Waals surface area contributed by atoms with Crippen molar-refractivity contribution in [3.63, 3.8) is 0 Å². The van der Waals surface area contributed by atoms with Crippen molar-refractivity contribution in [3.05, 3.63) is 29.0 Å². The van der Waals surface area contributed by atoms with Gasteiger partial charge in [-0.25, -0.2) is 9.18 Å². The van der Waals surface area contributed by atoms with Crippen LogP contribution in [0.4, 0.5) is 9.18 Å². The van der Waals surface area contributed by atoms with E-state index in [1.165, 1.54) is 6.07 Å². The Bertz CT molecular complexity index is 497. The number of hydrogen-bond acceptors (Lipinski definition) is 3. The molecule has 2 N–H and O–H groups in total. The number of carbonyl (C=O) groups excluding carboxylic acids is 2. The highest BCUT2D eigenvalue weighted by molar-refractivity contribution is 6.32. The van der Waals surface area contributed by atoms with Gasteiger partial charge in [0.1, 0.15) is 11.6 Å². The van der Waals surface area contributed by atoms with Crippen LogP contribution in [-0.2, 0) is 4.79 Å². The molecule has 0 aromatic heterocycles. The highest BCUT2D eigenvalue weighted by atomic mass is 35.5. The van der Waals surface area contributed by atoms with Gasteiger partial charge >= 0.3 is 6.03 Å². The maximum absolute atomic E-state index is 12.8. The van der Waals surface area contributed by atoms with Gasteiger partial charge < -0.3 is 10.1 Å². The van der Waals surface area contributed by atoms with Crippen LogP contribution >= 0.6 is 11.6 Å². The molecular weight excluding hydrogens is 287 g/mol. The molecule has 0 aliphatic heterocycles. The fourth-order valence-electron chi connectivity index (χ4n) is 1.26. The lowest BCUT2D eigenvalue weighted by molar-refractivity contribution is -0.122. The summed E-state index contributed by atoms with van der Waals surface area (Å²) in [5.74, 6) is -0.948. The van der Waals surface area contributed by atoms with E-state index in [0.29, 0.717) is 0 Å². The normalized spacial score (nSPS) is 11.6. The van der Waals surface area contributed by atoms with E-state index in [9.17, 15) is 14.0 Å². The number of imide groups is 1. The van der Waals surface area contributed by atoms with E-state index in [0.717, 1.165) is 18.6 Å². The SMILES string of the molecule is CC[C@H](C)NC(=O)NC(=O)COc1ccc(F)cc1Cl. The predicted molar refractivity (Wildman–Crippen MR) is 73.3 cm³/mol. The number of rotatable bonds is 5. The van der Waals surface area contributed by atoms with Gasteiger partial charge in [0.2, 0.25) is 0 Å². The summed E-state index contributed by atoms with van der Waals surface area (Å²) in [6, 6.07) is 2.93. The molecule has 0 aliphatic carbocycles. The Hall–Kier alpha value is -1.82. The van der Waals surface area contributed by atoms with Crippen LogP contribution in [0, 0.1) is 5.82 Å². The highest BCUT2D eigenvalue weighted by Crippen LogP contribution is 2.24. The highest BCUT2D eigenvalue weighted by Gasteiger charge is 2.11. The Morgan fingerprint density at radius 3 is 2.75 bits per heavy atom. The van der Waals surface area contributed by atoms with Crippen LogP contribution in [0.25, 0.3) is 0 Å². The minimum Gasteiger partial charge on any atom is -0.482 e. The molecule has 0 saturated carbocycles. The summed E-state index contributed by atoms with van der Waals surface area (Å²) in [6.07, 6.45) is 0.753. The van der Waals surface area contributed by atoms with E-state index in [1.54, 1.807) is 0 Å². The first kappa shape index (κ1) is 16.2. The summed E-state index contributed by atoms with van der Waals surface area (Å²) in [5, 5.41) is 4.75. The first-order valence-corrected chi connectivity index (χ1v) is 6.48. The second-order valence-corrected chi connectivity index (χ2v) is 4.60. The van der Waals surface area contributed by atoms with Crippen LogP contribution < -0.4 is 15.4 Å². The Morgan fingerprint density at radius 2 is 2.15 bits per heavy atom. The number of carbonyl (C=O) groups is 2. The average Bonchev–Trinajstić information content (AvgIpc) is 2.37. The van der Waals surface area contributed by atoms with Gasteiger partial charge in [0, 0.05) is 6.04 Å². The molecule has 1 rings (SSSR count). The van der Waals surface area contributed by atoms with Crippen molar-refractivity contribution in [2.45, 2.75) is 26.3 Å². The standard InChI is InChI=1S/C13H16ClFN2O3/c1-3-8(2)16-13(19)17-12(18)7-20-11-5-4-9(15)6-10(11)14/h4-6,8H,3,7H2,1-2H3,(H2,16,17,18,19)/t8-/m0/s1. The van der Waals surface area contributed by atoms with Crippen molar-refractivity contribution >= 4 is 23.5 Å². The lowest BCUT2D eigenvalue weighted by Gasteiger charge is -2.12. The van der Waals surface area contributed by atoms with E-state index < -0.39 is 17.8 Å². The average molecular weight is 303 g/mol. The summed E-state index contributed by atoms with van der Waals surface area (Å²) in [6.45, 7) is 3.34. The summed E-state index contributed by atoms with van der Waals surface area (Å²) in [5.41, 5.74) is 0. The minimum atomic E-state index is -0.619. The zero-order valence-electron chi connectivity index (χ0n) is 11.2. The smallest absolute Gasteiger partial charge is 0.321 e. The number of nitrogens with one attached hydrogen (secondary N) is 2. The van der Waals surface area contributed by atoms with Gasteiger partial charge in [-0.15, -0.1) is 0 Å². The topological polar surface area (TPSA) is 67.4 Å². The maximum atomic E-state index is 12.8. The Labute approximate surface area is 121 Å². The Kier molecular flexibility index (Phi) is 6.24. The molecule has 1 atom stereocenters. The van der Waals surface area contributed by atoms with Crippen molar-refractivity contribution < 1.29 is 18.7 Å². The zero-order chi connectivity index (χ0) is 15.1. The molecule has 0 unspecified atom stereocenters. The lowest BCUT2D eigenvalue weighted by Crippen LogP contribution is -2.44. The second-order valence-electron chi connectivity index (χ2n) is 4.19. The van der Waals surface area contributed by atoms with Crippen molar-refractivity contribution in [2.75, 3.05) is 6.61 Å². The van der Waals surface area contributed by atoms with Gasteiger partial charge in [0.05, 0.1) is 5.02 Å². The molecule has 0 aliphatic rings. The van der Waals surface area contributed by atoms with E-state index in [1.807, 2.05) is 13.8 Å². The number of halogens is 2. The van der Waals surface area contributed by atoms with Gasteiger partial charge in [-0.3, -0.25) is 10.1 Å². The Balaban J connectivity index is 2.41. The van der Waals surface area contributed by atoms with Gasteiger partial charge in [-0.05, 0) is 31.5 Å². The van der Waals surface area contributed by atoms with Crippen molar-refractivity contribution in [1.29, 1.82) is 0 Å². The van der Waals surface area contributed by atoms with E-state index in [-0.39, 0.29) is 23.4 Å². The molecule has 0 heterocycles. The van der Waals surface area contributed by atoms with Crippen molar-refractivity contribution in [2.24, 2.45) is 0 Å². The molecule has 20 heavy (non-hydrogen) atoms. The summed E-state index contributed by atoms with van der Waals surface area (Å²) in [7, 11) is 0. The zero-order valence-corrected chi connectivity index (χ0v) is 12.0. The molecule has 3 amide bonds. The first-order chi connectivity index (χ1) is 9.42. The molecular formula is C13H16ClFN2O3. The van der Waals surface area contributed by atoms with Crippen LogP contribution in [0.1, 0.15) is 20.3 Å². The van der Waals surface area contributed by atoms with Crippen LogP contribution in [0.15, 0.2) is 18.2 Å². The summed E-state index contributed by atoms with van der Waals surface area (Å²) in [4.78, 5) is 22.8. The van der Waals surface area contributed by atoms with E-state index in [2.05, 4.69) is 10.6 Å². The largest absolute Gasteiger partial charge is 0.482 e. The molecule has 110 valence electrons. The third-order valence-electron chi connectivity index (χ3n) is 2.50. The van der Waals surface area contributed by atoms with Gasteiger partial charge in [-0.1, -0.05) is 18.5 Å². The molecule has 1 aromatic carbocycles. The molecule has 1 aromatic rings. The fraction of sp³-hybridized carbons (Fsp3) is 0.385. The number of benzene rings is 1. The number of urea groups is 1. The van der Waals surface area contributed by atoms with Gasteiger partial charge in [-0.2, -0.15) is 0 Å². The van der Waals surface area contributed by atoms with Crippen molar-refractivity contribution in [3.8, 4) is 5.75 Å². The number of hydrogen-bond donors (Lipinski definition) is 2. The molecule has 0 spiro atoms. The molecule has 5 nitrogen and oxygen atoms in total. The third-order valence-corrected chi connectivity index (χ3v) is 2.79. The van der Waals surface area contributed by atoms with Crippen LogP contribution in [0.3, 0.4) is 0 Å². The quantitative estimate of drug-likeness (QED) is 0.878. The monoisotopic (exact) mass is 302 g/mol. The maximum Gasteiger partial charge on any atom is 0.321 e. The van der Waals surface area contributed by atoms with E-state index in [4.69, 9.17) is 16.3 Å². The minimum absolute atomic E-state index is 0.0322. The van der Waals surface area contributed by atoms with Crippen LogP contribution in [0.2, 0.25) is 5.02 Å². The summed E-state index contributed by atoms with van der Waals surface area (Å²) >= 11 is 5.73. The fourth-order valence-corrected chi connectivity index (χ4v) is 1.48. The summed E-state index contributed by atoms with van der Waals surface area (Å²) < 4.78 is 17.9. The molecule has 0 radical (unpaired) electrons. The molecule has 0 fully saturated rings. The predicted octanol–water partition coefficient (Wildman–Crippen LogP) is 2.48. The van der Waals surface area contributed by atoms with E-state index >= 15 is 0 Å². The third kappa shape index (κ3) is 5.44. The van der Waals surface area contributed by atoms with Crippen LogP contribution in [-0.4, -0.2) is 24.6 Å². The molecule has 7 heteroatoms. The van der Waals surface area contributed by atoms with Gasteiger partial charge in [0.25, 0.3) is 5.91 Å².